The summed E-state index contributed by atoms with van der Waals surface area (Å²) in [5.41, 5.74) is 3.90. The average Bonchev–Trinajstić information content (AvgIpc) is 2.94. The van der Waals surface area contributed by atoms with Crippen molar-refractivity contribution in [1.29, 1.82) is 0 Å². The molecule has 3 rings (SSSR count). The van der Waals surface area contributed by atoms with Crippen LogP contribution in [0, 0.1) is 12.3 Å². The van der Waals surface area contributed by atoms with Crippen LogP contribution in [-0.4, -0.2) is 22.4 Å². The van der Waals surface area contributed by atoms with E-state index in [4.69, 9.17) is 4.74 Å². The van der Waals surface area contributed by atoms with Crippen molar-refractivity contribution in [3.8, 4) is 0 Å². The van der Waals surface area contributed by atoms with Crippen LogP contribution in [0.4, 0.5) is 0 Å². The van der Waals surface area contributed by atoms with Gasteiger partial charge in [0.05, 0.1) is 18.2 Å². The van der Waals surface area contributed by atoms with Gasteiger partial charge in [0, 0.05) is 23.6 Å². The quantitative estimate of drug-likeness (QED) is 0.897. The molecule has 0 saturated carbocycles. The Morgan fingerprint density at radius 2 is 2.20 bits per heavy atom. The number of aryl methyl sites for hydroxylation is 1. The fourth-order valence-corrected chi connectivity index (χ4v) is 4.08. The smallest absolute Gasteiger partial charge is 0.0812 e. The second kappa shape index (κ2) is 4.88. The zero-order valence-corrected chi connectivity index (χ0v) is 13.1. The number of rotatable bonds is 2. The molecule has 0 aromatic carbocycles. The minimum absolute atomic E-state index is 0.172. The van der Waals surface area contributed by atoms with E-state index < -0.39 is 0 Å². The first-order valence-corrected chi connectivity index (χ1v) is 7.89. The summed E-state index contributed by atoms with van der Waals surface area (Å²) in [6, 6.07) is 2.54. The number of aliphatic hydroxyl groups is 1. The molecule has 1 aliphatic carbocycles. The van der Waals surface area contributed by atoms with Gasteiger partial charge in [-0.2, -0.15) is 0 Å². The van der Waals surface area contributed by atoms with Crippen LogP contribution in [0.1, 0.15) is 69.1 Å². The molecule has 3 nitrogen and oxygen atoms in total. The van der Waals surface area contributed by atoms with Crippen molar-refractivity contribution in [2.75, 3.05) is 6.61 Å². The van der Waals surface area contributed by atoms with E-state index in [1.165, 1.54) is 17.8 Å². The van der Waals surface area contributed by atoms with E-state index in [1.807, 2.05) is 0 Å². The number of hydrogen-bond acceptors (Lipinski definition) is 2. The molecule has 112 valence electrons. The van der Waals surface area contributed by atoms with Crippen LogP contribution in [-0.2, 0) is 11.2 Å². The largest absolute Gasteiger partial charge is 0.388 e. The van der Waals surface area contributed by atoms with Crippen molar-refractivity contribution in [2.45, 2.75) is 71.6 Å². The summed E-state index contributed by atoms with van der Waals surface area (Å²) < 4.78 is 8.31. The van der Waals surface area contributed by atoms with Gasteiger partial charge in [-0.3, -0.25) is 0 Å². The van der Waals surface area contributed by atoms with Gasteiger partial charge in [0.1, 0.15) is 0 Å². The van der Waals surface area contributed by atoms with Crippen molar-refractivity contribution >= 4 is 0 Å². The number of aromatic nitrogens is 1. The van der Waals surface area contributed by atoms with Gasteiger partial charge in [-0.1, -0.05) is 13.8 Å². The van der Waals surface area contributed by atoms with E-state index >= 15 is 0 Å². The molecule has 1 aliphatic heterocycles. The third-order valence-electron chi connectivity index (χ3n) is 5.03. The third kappa shape index (κ3) is 2.31. The van der Waals surface area contributed by atoms with E-state index in [2.05, 4.69) is 38.3 Å². The molecular formula is C17H27NO2. The van der Waals surface area contributed by atoms with Gasteiger partial charge >= 0.3 is 0 Å². The van der Waals surface area contributed by atoms with Crippen molar-refractivity contribution in [2.24, 2.45) is 5.41 Å². The molecule has 1 aromatic heterocycles. The molecule has 1 saturated heterocycles. The van der Waals surface area contributed by atoms with Gasteiger partial charge < -0.3 is 14.4 Å². The van der Waals surface area contributed by atoms with E-state index in [1.54, 1.807) is 0 Å². The number of fused-ring (bicyclic) bond motifs is 1. The Morgan fingerprint density at radius 1 is 1.45 bits per heavy atom. The molecule has 0 bridgehead atoms. The van der Waals surface area contributed by atoms with Gasteiger partial charge in [0.2, 0.25) is 0 Å². The van der Waals surface area contributed by atoms with Crippen LogP contribution in [0.5, 0.6) is 0 Å². The van der Waals surface area contributed by atoms with Crippen LogP contribution < -0.4 is 0 Å². The maximum Gasteiger partial charge on any atom is 0.0812 e. The molecular weight excluding hydrogens is 250 g/mol. The topological polar surface area (TPSA) is 34.4 Å². The highest BCUT2D eigenvalue weighted by molar-refractivity contribution is 5.34. The van der Waals surface area contributed by atoms with Crippen molar-refractivity contribution in [3.05, 3.63) is 23.0 Å². The molecule has 20 heavy (non-hydrogen) atoms. The Hall–Kier alpha value is -0.800. The number of aliphatic hydroxyl groups excluding tert-OH is 1. The summed E-state index contributed by atoms with van der Waals surface area (Å²) in [5.74, 6) is 0. The minimum Gasteiger partial charge on any atom is -0.388 e. The fraction of sp³-hybridized carbons (Fsp3) is 0.765. The molecule has 0 radical (unpaired) electrons. The summed E-state index contributed by atoms with van der Waals surface area (Å²) in [4.78, 5) is 0. The SMILES string of the molecule is Cc1cc2c(n1C(C)C1CCCO1)CC(C)(C)CC2O. The Labute approximate surface area is 121 Å². The number of nitrogens with zero attached hydrogens (tertiary/aromatic N) is 1. The molecule has 2 heterocycles. The Kier molecular flexibility index (Phi) is 3.46. The summed E-state index contributed by atoms with van der Waals surface area (Å²) in [6.45, 7) is 9.82. The number of ether oxygens (including phenoxy) is 1. The van der Waals surface area contributed by atoms with E-state index in [9.17, 15) is 5.11 Å². The van der Waals surface area contributed by atoms with Crippen LogP contribution in [0.2, 0.25) is 0 Å². The lowest BCUT2D eigenvalue weighted by Gasteiger charge is -2.35. The normalized spacial score (nSPS) is 30.2. The average molecular weight is 277 g/mol. The summed E-state index contributed by atoms with van der Waals surface area (Å²) >= 11 is 0. The third-order valence-corrected chi connectivity index (χ3v) is 5.03. The van der Waals surface area contributed by atoms with Gasteiger partial charge in [-0.25, -0.2) is 0 Å². The van der Waals surface area contributed by atoms with E-state index in [-0.39, 0.29) is 11.5 Å². The van der Waals surface area contributed by atoms with Crippen molar-refractivity contribution < 1.29 is 9.84 Å². The van der Waals surface area contributed by atoms with Crippen LogP contribution in [0.15, 0.2) is 6.07 Å². The highest BCUT2D eigenvalue weighted by Gasteiger charge is 2.36. The lowest BCUT2D eigenvalue weighted by Crippen LogP contribution is -2.30. The van der Waals surface area contributed by atoms with Crippen molar-refractivity contribution in [3.63, 3.8) is 0 Å². The first kappa shape index (κ1) is 14.2. The minimum atomic E-state index is -0.314. The molecule has 0 spiro atoms. The highest BCUT2D eigenvalue weighted by atomic mass is 16.5. The Balaban J connectivity index is 1.99. The van der Waals surface area contributed by atoms with Gasteiger partial charge in [-0.05, 0) is 51.0 Å². The van der Waals surface area contributed by atoms with Gasteiger partial charge in [-0.15, -0.1) is 0 Å². The zero-order valence-electron chi connectivity index (χ0n) is 13.1. The van der Waals surface area contributed by atoms with Gasteiger partial charge in [0.25, 0.3) is 0 Å². The maximum atomic E-state index is 10.4. The lowest BCUT2D eigenvalue weighted by atomic mass is 9.75. The zero-order chi connectivity index (χ0) is 14.5. The highest BCUT2D eigenvalue weighted by Crippen LogP contribution is 2.43. The molecule has 3 unspecified atom stereocenters. The van der Waals surface area contributed by atoms with Crippen LogP contribution in [0.3, 0.4) is 0 Å². The van der Waals surface area contributed by atoms with Crippen molar-refractivity contribution in [1.82, 2.24) is 4.57 Å². The Morgan fingerprint density at radius 3 is 2.85 bits per heavy atom. The summed E-state index contributed by atoms with van der Waals surface area (Å²) in [7, 11) is 0. The maximum absolute atomic E-state index is 10.4. The Bertz CT molecular complexity index is 497. The molecule has 1 N–H and O–H groups in total. The monoisotopic (exact) mass is 277 g/mol. The molecule has 1 fully saturated rings. The second-order valence-electron chi connectivity index (χ2n) is 7.41. The molecule has 1 aromatic rings. The predicted molar refractivity (Wildman–Crippen MR) is 79.9 cm³/mol. The molecule has 0 amide bonds. The van der Waals surface area contributed by atoms with E-state index in [0.29, 0.717) is 12.1 Å². The van der Waals surface area contributed by atoms with Gasteiger partial charge in [0.15, 0.2) is 0 Å². The van der Waals surface area contributed by atoms with Crippen LogP contribution in [0.25, 0.3) is 0 Å². The molecule has 3 heteroatoms. The number of hydrogen-bond donors (Lipinski definition) is 1. The molecule has 3 atom stereocenters. The van der Waals surface area contributed by atoms with Crippen LogP contribution >= 0.6 is 0 Å². The summed E-state index contributed by atoms with van der Waals surface area (Å²) in [5, 5.41) is 10.4. The fourth-order valence-electron chi connectivity index (χ4n) is 4.08. The first-order chi connectivity index (χ1) is 9.39. The first-order valence-electron chi connectivity index (χ1n) is 7.89. The summed E-state index contributed by atoms with van der Waals surface area (Å²) in [6.07, 6.45) is 4.24. The molecule has 2 aliphatic rings. The lowest BCUT2D eigenvalue weighted by molar-refractivity contribution is 0.0671. The predicted octanol–water partition coefficient (Wildman–Crippen LogP) is 3.54. The second-order valence-corrected chi connectivity index (χ2v) is 7.41. The standard InChI is InChI=1S/C17H27NO2/c1-11-8-13-14(9-17(3,4)10-15(13)19)18(11)12(2)16-6-5-7-20-16/h8,12,15-16,19H,5-7,9-10H2,1-4H3. The van der Waals surface area contributed by atoms with E-state index in [0.717, 1.165) is 31.4 Å².